The van der Waals surface area contributed by atoms with Crippen molar-refractivity contribution in [1.29, 1.82) is 0 Å². The van der Waals surface area contributed by atoms with Crippen LogP contribution in [0, 0.1) is 17.8 Å². The third-order valence-electron chi connectivity index (χ3n) is 7.79. The molecule has 4 saturated carbocycles. The Balaban J connectivity index is 1.18. The van der Waals surface area contributed by atoms with Gasteiger partial charge in [-0.25, -0.2) is 0 Å². The third kappa shape index (κ3) is 3.37. The Hall–Kier alpha value is -1.55. The van der Waals surface area contributed by atoms with Crippen molar-refractivity contribution >= 4 is 11.6 Å². The lowest BCUT2D eigenvalue weighted by molar-refractivity contribution is -0.131. The van der Waals surface area contributed by atoms with Crippen molar-refractivity contribution in [1.82, 2.24) is 10.2 Å². The van der Waals surface area contributed by atoms with Gasteiger partial charge in [-0.2, -0.15) is 0 Å². The lowest BCUT2D eigenvalue weighted by Crippen LogP contribution is -2.63. The second-order valence-corrected chi connectivity index (χ2v) is 9.72. The summed E-state index contributed by atoms with van der Waals surface area (Å²) >= 11 is 0. The zero-order chi connectivity index (χ0) is 18.4. The Bertz CT molecular complexity index is 645. The van der Waals surface area contributed by atoms with Crippen molar-refractivity contribution in [3.8, 4) is 0 Å². The second kappa shape index (κ2) is 6.80. The molecule has 1 unspecified atom stereocenters. The van der Waals surface area contributed by atoms with E-state index in [0.717, 1.165) is 43.9 Å². The van der Waals surface area contributed by atoms with Gasteiger partial charge in [0.2, 0.25) is 5.91 Å². The fourth-order valence-corrected chi connectivity index (χ4v) is 6.80. The minimum Gasteiger partial charge on any atom is -0.369 e. The summed E-state index contributed by atoms with van der Waals surface area (Å²) in [5.74, 6) is 2.90. The molecule has 1 saturated heterocycles. The van der Waals surface area contributed by atoms with Crippen molar-refractivity contribution in [3.05, 3.63) is 30.3 Å². The van der Waals surface area contributed by atoms with Crippen LogP contribution in [0.2, 0.25) is 0 Å². The summed E-state index contributed by atoms with van der Waals surface area (Å²) in [5.41, 5.74) is 1.43. The Morgan fingerprint density at radius 3 is 2.07 bits per heavy atom. The Morgan fingerprint density at radius 2 is 1.52 bits per heavy atom. The molecular weight excluding hydrogens is 334 g/mol. The molecule has 27 heavy (non-hydrogen) atoms. The van der Waals surface area contributed by atoms with Crippen LogP contribution in [0.25, 0.3) is 0 Å². The van der Waals surface area contributed by atoms with E-state index < -0.39 is 0 Å². The van der Waals surface area contributed by atoms with Crippen molar-refractivity contribution in [2.45, 2.75) is 57.0 Å². The highest BCUT2D eigenvalue weighted by Gasteiger charge is 2.51. The number of hydrogen-bond acceptors (Lipinski definition) is 3. The normalized spacial score (nSPS) is 36.6. The van der Waals surface area contributed by atoms with Crippen LogP contribution < -0.4 is 10.2 Å². The standard InChI is InChI=1S/C23H33N3O/c1-17(25-7-9-26(10-8-25)21-5-3-2-4-6-21)22(27)24-23-14-18-11-19(15-23)13-20(12-18)16-23/h2-6,17-20H,7-16H2,1H3,(H,24,27). The highest BCUT2D eigenvalue weighted by Crippen LogP contribution is 2.55. The minimum atomic E-state index is -0.0177. The van der Waals surface area contributed by atoms with Crippen molar-refractivity contribution in [2.24, 2.45) is 17.8 Å². The maximum atomic E-state index is 13.1. The molecule has 1 aromatic carbocycles. The van der Waals surface area contributed by atoms with Crippen LogP contribution in [0.3, 0.4) is 0 Å². The molecule has 0 spiro atoms. The van der Waals surface area contributed by atoms with Gasteiger partial charge in [0.05, 0.1) is 6.04 Å². The number of amides is 1. The van der Waals surface area contributed by atoms with E-state index >= 15 is 0 Å². The summed E-state index contributed by atoms with van der Waals surface area (Å²) in [7, 11) is 0. The smallest absolute Gasteiger partial charge is 0.237 e. The third-order valence-corrected chi connectivity index (χ3v) is 7.79. The van der Waals surface area contributed by atoms with Gasteiger partial charge in [-0.05, 0) is 75.3 Å². The lowest BCUT2D eigenvalue weighted by Gasteiger charge is -2.57. The summed E-state index contributed by atoms with van der Waals surface area (Å²) in [4.78, 5) is 17.9. The molecule has 6 rings (SSSR count). The number of piperazine rings is 1. The van der Waals surface area contributed by atoms with Gasteiger partial charge in [-0.3, -0.25) is 9.69 Å². The van der Waals surface area contributed by atoms with Crippen molar-refractivity contribution in [2.75, 3.05) is 31.1 Å². The quantitative estimate of drug-likeness (QED) is 0.887. The topological polar surface area (TPSA) is 35.6 Å². The van der Waals surface area contributed by atoms with Crippen LogP contribution in [0.1, 0.15) is 45.4 Å². The van der Waals surface area contributed by atoms with Gasteiger partial charge in [0.15, 0.2) is 0 Å². The van der Waals surface area contributed by atoms with E-state index in [-0.39, 0.29) is 17.5 Å². The fourth-order valence-electron chi connectivity index (χ4n) is 6.80. The number of para-hydroxylation sites is 1. The summed E-state index contributed by atoms with van der Waals surface area (Å²) in [6.07, 6.45) is 7.97. The summed E-state index contributed by atoms with van der Waals surface area (Å²) in [6, 6.07) is 10.6. The molecule has 0 radical (unpaired) electrons. The van der Waals surface area contributed by atoms with Gasteiger partial charge in [-0.1, -0.05) is 18.2 Å². The maximum Gasteiger partial charge on any atom is 0.237 e. The number of benzene rings is 1. The molecule has 4 nitrogen and oxygen atoms in total. The number of anilines is 1. The van der Waals surface area contributed by atoms with Crippen LogP contribution >= 0.6 is 0 Å². The van der Waals surface area contributed by atoms with Crippen LogP contribution in [0.4, 0.5) is 5.69 Å². The molecule has 1 atom stereocenters. The number of nitrogens with one attached hydrogen (secondary N) is 1. The highest BCUT2D eigenvalue weighted by atomic mass is 16.2. The Labute approximate surface area is 163 Å². The van der Waals surface area contributed by atoms with Crippen molar-refractivity contribution < 1.29 is 4.79 Å². The molecule has 146 valence electrons. The number of carbonyl (C=O) groups excluding carboxylic acids is 1. The summed E-state index contributed by atoms with van der Waals surface area (Å²) in [6.45, 7) is 6.03. The average molecular weight is 368 g/mol. The summed E-state index contributed by atoms with van der Waals surface area (Å²) < 4.78 is 0. The van der Waals surface area contributed by atoms with Crippen LogP contribution in [-0.2, 0) is 4.79 Å². The van der Waals surface area contributed by atoms with Crippen molar-refractivity contribution in [3.63, 3.8) is 0 Å². The largest absolute Gasteiger partial charge is 0.369 e. The molecule has 5 fully saturated rings. The zero-order valence-electron chi connectivity index (χ0n) is 16.6. The van der Waals surface area contributed by atoms with E-state index in [2.05, 4.69) is 52.4 Å². The molecule has 4 bridgehead atoms. The molecular formula is C23H33N3O. The molecule has 1 aliphatic heterocycles. The average Bonchev–Trinajstić information content (AvgIpc) is 2.67. The molecule has 1 aromatic rings. The number of hydrogen-bond donors (Lipinski definition) is 1. The van der Waals surface area contributed by atoms with Crippen LogP contribution in [0.15, 0.2) is 30.3 Å². The van der Waals surface area contributed by atoms with E-state index in [1.54, 1.807) is 0 Å². The number of carbonyl (C=O) groups is 1. The van der Waals surface area contributed by atoms with E-state index in [1.807, 2.05) is 0 Å². The molecule has 1 N–H and O–H groups in total. The molecule has 4 aliphatic carbocycles. The molecule has 1 amide bonds. The van der Waals surface area contributed by atoms with Crippen LogP contribution in [0.5, 0.6) is 0 Å². The lowest BCUT2D eigenvalue weighted by atomic mass is 9.53. The SMILES string of the molecule is CC(C(=O)NC12CC3CC(CC(C3)C1)C2)N1CCN(c2ccccc2)CC1. The molecule has 0 aromatic heterocycles. The van der Waals surface area contributed by atoms with Gasteiger partial charge in [-0.15, -0.1) is 0 Å². The number of rotatable bonds is 4. The predicted molar refractivity (Wildman–Crippen MR) is 109 cm³/mol. The molecule has 4 heteroatoms. The van der Waals surface area contributed by atoms with Gasteiger partial charge < -0.3 is 10.2 Å². The second-order valence-electron chi connectivity index (χ2n) is 9.72. The van der Waals surface area contributed by atoms with Crippen LogP contribution in [-0.4, -0.2) is 48.6 Å². The van der Waals surface area contributed by atoms with Gasteiger partial charge in [0, 0.05) is 37.4 Å². The first-order valence-electron chi connectivity index (χ1n) is 11.0. The summed E-state index contributed by atoms with van der Waals surface area (Å²) in [5, 5.41) is 3.57. The molecule has 5 aliphatic rings. The highest BCUT2D eigenvalue weighted by molar-refractivity contribution is 5.82. The van der Waals surface area contributed by atoms with E-state index in [9.17, 15) is 4.79 Å². The first kappa shape index (κ1) is 17.5. The number of nitrogens with zero attached hydrogens (tertiary/aromatic N) is 2. The maximum absolute atomic E-state index is 13.1. The van der Waals surface area contributed by atoms with E-state index in [0.29, 0.717) is 0 Å². The minimum absolute atomic E-state index is 0.0177. The molecule has 1 heterocycles. The zero-order valence-corrected chi connectivity index (χ0v) is 16.6. The first-order chi connectivity index (χ1) is 13.1. The van der Waals surface area contributed by atoms with Gasteiger partial charge in [0.1, 0.15) is 0 Å². The Kier molecular flexibility index (Phi) is 4.42. The van der Waals surface area contributed by atoms with E-state index in [1.165, 1.54) is 44.2 Å². The van der Waals surface area contributed by atoms with Gasteiger partial charge >= 0.3 is 0 Å². The fraction of sp³-hybridized carbons (Fsp3) is 0.696. The van der Waals surface area contributed by atoms with Gasteiger partial charge in [0.25, 0.3) is 0 Å². The predicted octanol–water partition coefficient (Wildman–Crippen LogP) is 3.28. The monoisotopic (exact) mass is 367 g/mol. The Morgan fingerprint density at radius 1 is 0.963 bits per heavy atom. The van der Waals surface area contributed by atoms with E-state index in [4.69, 9.17) is 0 Å². The first-order valence-corrected chi connectivity index (χ1v) is 11.0.